The molecule has 6 rings (SSSR count). The molecule has 0 bridgehead atoms. The van der Waals surface area contributed by atoms with E-state index in [1.807, 2.05) is 36.3 Å². The van der Waals surface area contributed by atoms with Gasteiger partial charge in [0.15, 0.2) is 5.65 Å². The number of likely N-dealkylation sites (tertiary alicyclic amines) is 1. The Morgan fingerprint density at radius 2 is 1.71 bits per heavy atom. The van der Waals surface area contributed by atoms with E-state index in [1.54, 1.807) is 23.1 Å². The van der Waals surface area contributed by atoms with E-state index in [1.165, 1.54) is 0 Å². The third-order valence-electron chi connectivity index (χ3n) is 8.20. The average Bonchev–Trinajstić information content (AvgIpc) is 3.36. The molecule has 224 valence electrons. The molecule has 2 amide bonds. The molecule has 3 aliphatic rings. The number of aromatic nitrogens is 3. The molecule has 12 heteroatoms. The van der Waals surface area contributed by atoms with Crippen LogP contribution in [0, 0.1) is 0 Å². The summed E-state index contributed by atoms with van der Waals surface area (Å²) in [4.78, 5) is 39.5. The van der Waals surface area contributed by atoms with Gasteiger partial charge in [-0.05, 0) is 64.7 Å². The minimum Gasteiger partial charge on any atom is -0.444 e. The second-order valence-electron chi connectivity index (χ2n) is 12.3. The standard InChI is InChI=1S/C30H39ClN8O3/c1-30(2,3)42-29(41)37-15-13-36(14-16-37)27-19-25(35-10-6-11-35)33-26-18-23(34-39(26)27)24-7-4-5-12-38(24)28(40)21-17-20(31)8-9-22(21)32/h8-9,17-19,24H,4-7,10-16,32H2,1-3H3. The van der Waals surface area contributed by atoms with Crippen LogP contribution in [-0.4, -0.2) is 87.8 Å². The zero-order valence-electron chi connectivity index (χ0n) is 24.6. The summed E-state index contributed by atoms with van der Waals surface area (Å²) in [5.74, 6) is 1.72. The van der Waals surface area contributed by atoms with Crippen molar-refractivity contribution in [1.82, 2.24) is 24.4 Å². The fourth-order valence-electron chi connectivity index (χ4n) is 5.85. The highest BCUT2D eigenvalue weighted by atomic mass is 35.5. The molecule has 5 heterocycles. The number of nitrogens with two attached hydrogens (primary N) is 1. The van der Waals surface area contributed by atoms with Crippen LogP contribution in [0.4, 0.5) is 22.1 Å². The number of hydrogen-bond donors (Lipinski definition) is 1. The topological polar surface area (TPSA) is 113 Å². The predicted molar refractivity (Wildman–Crippen MR) is 163 cm³/mol. The third-order valence-corrected chi connectivity index (χ3v) is 8.44. The van der Waals surface area contributed by atoms with Crippen molar-refractivity contribution < 1.29 is 14.3 Å². The first kappa shape index (κ1) is 28.4. The van der Waals surface area contributed by atoms with Gasteiger partial charge in [0.2, 0.25) is 0 Å². The SMILES string of the molecule is CC(C)(C)OC(=O)N1CCN(c2cc(N3CCC3)nc3cc(C4CCCCN4C(=O)c4cc(Cl)ccc4N)nn23)CC1. The van der Waals surface area contributed by atoms with Gasteiger partial charge in [-0.25, -0.2) is 9.78 Å². The Balaban J connectivity index is 1.31. The lowest BCUT2D eigenvalue weighted by atomic mass is 9.98. The summed E-state index contributed by atoms with van der Waals surface area (Å²) >= 11 is 6.22. The number of anilines is 3. The first-order valence-corrected chi connectivity index (χ1v) is 15.2. The summed E-state index contributed by atoms with van der Waals surface area (Å²) in [6.45, 7) is 10.6. The molecule has 0 aliphatic carbocycles. The second kappa shape index (κ2) is 11.2. The highest BCUT2D eigenvalue weighted by Crippen LogP contribution is 2.35. The summed E-state index contributed by atoms with van der Waals surface area (Å²) in [5, 5.41) is 5.54. The fraction of sp³-hybridized carbons (Fsp3) is 0.533. The average molecular weight is 595 g/mol. The van der Waals surface area contributed by atoms with Gasteiger partial charge in [-0.15, -0.1) is 0 Å². The molecule has 0 saturated carbocycles. The van der Waals surface area contributed by atoms with E-state index in [0.29, 0.717) is 49.0 Å². The number of amides is 2. The van der Waals surface area contributed by atoms with E-state index < -0.39 is 5.60 Å². The third kappa shape index (κ3) is 5.66. The molecule has 0 spiro atoms. The van der Waals surface area contributed by atoms with E-state index in [-0.39, 0.29) is 18.0 Å². The number of fused-ring (bicyclic) bond motifs is 1. The van der Waals surface area contributed by atoms with E-state index >= 15 is 0 Å². The van der Waals surface area contributed by atoms with Crippen molar-refractivity contribution in [1.29, 1.82) is 0 Å². The monoisotopic (exact) mass is 594 g/mol. The molecule has 3 saturated heterocycles. The van der Waals surface area contributed by atoms with Crippen molar-refractivity contribution in [3.63, 3.8) is 0 Å². The molecule has 3 aromatic rings. The van der Waals surface area contributed by atoms with E-state index in [9.17, 15) is 9.59 Å². The van der Waals surface area contributed by atoms with Crippen LogP contribution >= 0.6 is 11.6 Å². The van der Waals surface area contributed by atoms with Crippen molar-refractivity contribution in [2.75, 3.05) is 61.3 Å². The molecule has 42 heavy (non-hydrogen) atoms. The Bertz CT molecular complexity index is 1490. The summed E-state index contributed by atoms with van der Waals surface area (Å²) in [7, 11) is 0. The number of rotatable bonds is 4. The highest BCUT2D eigenvalue weighted by Gasteiger charge is 2.33. The first-order valence-electron chi connectivity index (χ1n) is 14.8. The van der Waals surface area contributed by atoms with E-state index in [0.717, 1.165) is 61.7 Å². The zero-order valence-corrected chi connectivity index (χ0v) is 25.3. The van der Waals surface area contributed by atoms with Crippen molar-refractivity contribution in [2.45, 2.75) is 58.1 Å². The molecule has 11 nitrogen and oxygen atoms in total. The van der Waals surface area contributed by atoms with Gasteiger partial charge in [-0.1, -0.05) is 11.6 Å². The Kier molecular flexibility index (Phi) is 7.55. The van der Waals surface area contributed by atoms with E-state index in [4.69, 9.17) is 32.2 Å². The Hall–Kier alpha value is -3.73. The maximum absolute atomic E-state index is 13.7. The number of piperazine rings is 1. The molecule has 1 unspecified atom stereocenters. The molecular formula is C30H39ClN8O3. The van der Waals surface area contributed by atoms with Crippen LogP contribution in [0.25, 0.3) is 5.65 Å². The van der Waals surface area contributed by atoms with Crippen LogP contribution in [-0.2, 0) is 4.74 Å². The largest absolute Gasteiger partial charge is 0.444 e. The Morgan fingerprint density at radius 1 is 0.952 bits per heavy atom. The predicted octanol–water partition coefficient (Wildman–Crippen LogP) is 4.60. The molecule has 3 aliphatic heterocycles. The van der Waals surface area contributed by atoms with Gasteiger partial charge >= 0.3 is 6.09 Å². The van der Waals surface area contributed by atoms with Crippen molar-refractivity contribution in [3.05, 3.63) is 46.6 Å². The molecule has 1 atom stereocenters. The fourth-order valence-corrected chi connectivity index (χ4v) is 6.03. The lowest BCUT2D eigenvalue weighted by Crippen LogP contribution is -2.50. The van der Waals surface area contributed by atoms with Gasteiger partial charge in [0.1, 0.15) is 17.2 Å². The minimum atomic E-state index is -0.532. The minimum absolute atomic E-state index is 0.135. The lowest BCUT2D eigenvalue weighted by Gasteiger charge is -2.37. The molecule has 2 aromatic heterocycles. The van der Waals surface area contributed by atoms with Gasteiger partial charge < -0.3 is 30.1 Å². The van der Waals surface area contributed by atoms with Gasteiger partial charge in [-0.3, -0.25) is 4.79 Å². The Labute approximate surface area is 251 Å². The van der Waals surface area contributed by atoms with Crippen molar-refractivity contribution in [3.8, 4) is 0 Å². The number of carbonyl (C=O) groups is 2. The summed E-state index contributed by atoms with van der Waals surface area (Å²) < 4.78 is 7.49. The molecule has 1 aromatic carbocycles. The number of nitrogens with zero attached hydrogens (tertiary/aromatic N) is 7. The molecule has 0 radical (unpaired) electrons. The van der Waals surface area contributed by atoms with Crippen LogP contribution in [0.1, 0.15) is 68.5 Å². The molecule has 2 N–H and O–H groups in total. The van der Waals surface area contributed by atoms with Crippen LogP contribution in [0.2, 0.25) is 5.02 Å². The number of nitrogen functional groups attached to an aromatic ring is 1. The lowest BCUT2D eigenvalue weighted by molar-refractivity contribution is 0.0240. The van der Waals surface area contributed by atoms with Crippen molar-refractivity contribution >= 4 is 46.6 Å². The van der Waals surface area contributed by atoms with Crippen LogP contribution < -0.4 is 15.5 Å². The van der Waals surface area contributed by atoms with Crippen molar-refractivity contribution in [2.24, 2.45) is 0 Å². The number of carbonyl (C=O) groups excluding carboxylic acids is 2. The first-order chi connectivity index (χ1) is 20.1. The van der Waals surface area contributed by atoms with E-state index in [2.05, 4.69) is 15.9 Å². The molecule has 3 fully saturated rings. The quantitative estimate of drug-likeness (QED) is 0.436. The zero-order chi connectivity index (χ0) is 29.6. The molecular weight excluding hydrogens is 556 g/mol. The smallest absolute Gasteiger partial charge is 0.410 e. The summed E-state index contributed by atoms with van der Waals surface area (Å²) in [6.07, 6.45) is 3.58. The Morgan fingerprint density at radius 3 is 2.40 bits per heavy atom. The van der Waals surface area contributed by atoms with Gasteiger partial charge in [0, 0.05) is 68.7 Å². The highest BCUT2D eigenvalue weighted by molar-refractivity contribution is 6.31. The number of benzene rings is 1. The number of ether oxygens (including phenoxy) is 1. The van der Waals surface area contributed by atoms with Crippen LogP contribution in [0.5, 0.6) is 0 Å². The van der Waals surface area contributed by atoms with Gasteiger partial charge in [-0.2, -0.15) is 9.61 Å². The summed E-state index contributed by atoms with van der Waals surface area (Å²) in [5.41, 5.74) is 8.05. The van der Waals surface area contributed by atoms with Gasteiger partial charge in [0.05, 0.1) is 17.3 Å². The van der Waals surface area contributed by atoms with Crippen LogP contribution in [0.3, 0.4) is 0 Å². The number of halogens is 1. The summed E-state index contributed by atoms with van der Waals surface area (Å²) in [6, 6.07) is 8.93. The normalized spacial score (nSPS) is 19.7. The maximum Gasteiger partial charge on any atom is 0.410 e. The van der Waals surface area contributed by atoms with Gasteiger partial charge in [0.25, 0.3) is 5.91 Å². The second-order valence-corrected chi connectivity index (χ2v) is 12.8. The number of hydrogen-bond acceptors (Lipinski definition) is 8. The maximum atomic E-state index is 13.7. The number of piperidine rings is 1. The van der Waals surface area contributed by atoms with Crippen LogP contribution in [0.15, 0.2) is 30.3 Å².